The number of nitrogens with one attached hydrogen (secondary N) is 1. The predicted molar refractivity (Wildman–Crippen MR) is 161 cm³/mol. The largest absolute Gasteiger partial charge is 0.508 e. The molecular formula is C32H31F3N6O5. The first-order chi connectivity index (χ1) is 22.3. The fourth-order valence-corrected chi connectivity index (χ4v) is 7.48. The van der Waals surface area contributed by atoms with E-state index in [4.69, 9.17) is 14.2 Å². The lowest BCUT2D eigenvalue weighted by Gasteiger charge is -2.34. The van der Waals surface area contributed by atoms with Gasteiger partial charge in [0.15, 0.2) is 5.82 Å². The quantitative estimate of drug-likeness (QED) is 0.314. The summed E-state index contributed by atoms with van der Waals surface area (Å²) in [4.78, 5) is 30.2. The highest BCUT2D eigenvalue weighted by atomic mass is 19.1. The van der Waals surface area contributed by atoms with Crippen LogP contribution in [-0.2, 0) is 15.9 Å². The van der Waals surface area contributed by atoms with Gasteiger partial charge < -0.3 is 24.2 Å². The molecule has 0 amide bonds. The molecule has 0 spiro atoms. The molecule has 2 aromatic heterocycles. The van der Waals surface area contributed by atoms with Gasteiger partial charge in [-0.15, -0.1) is 0 Å². The zero-order valence-corrected chi connectivity index (χ0v) is 24.8. The van der Waals surface area contributed by atoms with Crippen molar-refractivity contribution in [2.24, 2.45) is 0 Å². The Bertz CT molecular complexity index is 1880. The normalized spacial score (nSPS) is 24.8. The van der Waals surface area contributed by atoms with Crippen LogP contribution in [0.1, 0.15) is 24.8 Å². The number of nitrogens with zero attached hydrogens (tertiary/aromatic N) is 5. The number of pyridine rings is 1. The van der Waals surface area contributed by atoms with Crippen LogP contribution in [0.4, 0.5) is 23.8 Å². The minimum atomic E-state index is -0.954. The van der Waals surface area contributed by atoms with Crippen LogP contribution in [0.3, 0.4) is 0 Å². The van der Waals surface area contributed by atoms with Crippen molar-refractivity contribution in [2.45, 2.75) is 43.5 Å². The average molecular weight is 637 g/mol. The molecule has 0 radical (unpaired) electrons. The molecule has 2 N–H and O–H groups in total. The van der Waals surface area contributed by atoms with Crippen LogP contribution in [0.25, 0.3) is 32.9 Å². The maximum Gasteiger partial charge on any atom is 0.508 e. The number of phenols is 1. The van der Waals surface area contributed by atoms with Gasteiger partial charge in [-0.05, 0) is 53.9 Å². The second-order valence-electron chi connectivity index (χ2n) is 12.4. The predicted octanol–water partition coefficient (Wildman–Crippen LogP) is 4.23. The molecule has 3 atom stereocenters. The molecule has 7 heterocycles. The monoisotopic (exact) mass is 636 g/mol. The van der Waals surface area contributed by atoms with Gasteiger partial charge in [-0.1, -0.05) is 6.07 Å². The Morgan fingerprint density at radius 2 is 2.09 bits per heavy atom. The van der Waals surface area contributed by atoms with E-state index >= 15 is 8.78 Å². The molecule has 14 heteroatoms. The third kappa shape index (κ3) is 4.90. The number of benzene rings is 2. The van der Waals surface area contributed by atoms with E-state index in [0.717, 1.165) is 19.4 Å². The minimum absolute atomic E-state index is 0.0386. The highest BCUT2D eigenvalue weighted by Crippen LogP contribution is 2.42. The number of hydrogen-bond donors (Lipinski definition) is 2. The first-order valence-corrected chi connectivity index (χ1v) is 15.4. The summed E-state index contributed by atoms with van der Waals surface area (Å²) in [6.07, 6.45) is 0.927. The number of carbonyl (C=O) groups is 1. The number of aromatic hydroxyl groups is 1. The summed E-state index contributed by atoms with van der Waals surface area (Å²) in [5.41, 5.74) is -0.435. The molecule has 46 heavy (non-hydrogen) atoms. The SMILES string of the molecule is O=C1OCCc2c(F)ccc3cc(O)cc(c23)-c2ncc3c(nc(OC[C@@]45CCCN4C[C@H](F)C5)nc3c2F)N2CNC[C@H](C2)O1. The van der Waals surface area contributed by atoms with Gasteiger partial charge in [0.05, 0.1) is 30.7 Å². The molecule has 0 saturated carbocycles. The Kier molecular flexibility index (Phi) is 7.01. The molecule has 2 aromatic carbocycles. The smallest absolute Gasteiger partial charge is 0.508 e. The number of alkyl halides is 1. The van der Waals surface area contributed by atoms with Gasteiger partial charge in [0.1, 0.15) is 47.5 Å². The van der Waals surface area contributed by atoms with Crippen molar-refractivity contribution in [3.8, 4) is 23.0 Å². The first kappa shape index (κ1) is 29.0. The van der Waals surface area contributed by atoms with Crippen LogP contribution >= 0.6 is 0 Å². The van der Waals surface area contributed by atoms with Crippen LogP contribution in [0.2, 0.25) is 0 Å². The zero-order chi connectivity index (χ0) is 31.6. The molecular weight excluding hydrogens is 605 g/mol. The van der Waals surface area contributed by atoms with Crippen molar-refractivity contribution < 1.29 is 37.3 Å². The third-order valence-electron chi connectivity index (χ3n) is 9.52. The van der Waals surface area contributed by atoms with Crippen LogP contribution in [-0.4, -0.2) is 95.0 Å². The maximum atomic E-state index is 16.8. The van der Waals surface area contributed by atoms with Gasteiger partial charge in [-0.2, -0.15) is 9.97 Å². The molecule has 4 aromatic rings. The van der Waals surface area contributed by atoms with E-state index in [2.05, 4.69) is 25.2 Å². The molecule has 3 fully saturated rings. The first-order valence-electron chi connectivity index (χ1n) is 15.4. The van der Waals surface area contributed by atoms with E-state index in [9.17, 15) is 14.3 Å². The number of fused-ring (bicyclic) bond motifs is 6. The summed E-state index contributed by atoms with van der Waals surface area (Å²) >= 11 is 0. The fraction of sp³-hybridized carbons (Fsp3) is 0.438. The Labute approximate surface area is 261 Å². The van der Waals surface area contributed by atoms with Crippen LogP contribution < -0.4 is 15.0 Å². The van der Waals surface area contributed by atoms with E-state index in [0.29, 0.717) is 42.8 Å². The van der Waals surface area contributed by atoms with E-state index in [1.54, 1.807) is 4.90 Å². The van der Waals surface area contributed by atoms with Gasteiger partial charge in [-0.25, -0.2) is 18.0 Å². The van der Waals surface area contributed by atoms with E-state index < -0.39 is 35.6 Å². The minimum Gasteiger partial charge on any atom is -0.508 e. The fourth-order valence-electron chi connectivity index (χ4n) is 7.48. The molecule has 11 nitrogen and oxygen atoms in total. The second kappa shape index (κ2) is 11.1. The highest BCUT2D eigenvalue weighted by molar-refractivity contribution is 6.01. The molecule has 9 rings (SSSR count). The van der Waals surface area contributed by atoms with Gasteiger partial charge in [0, 0.05) is 37.7 Å². The van der Waals surface area contributed by atoms with Crippen molar-refractivity contribution in [2.75, 3.05) is 51.0 Å². The number of halogens is 3. The number of phenolic OH excluding ortho intramolecular Hbond substituents is 1. The van der Waals surface area contributed by atoms with Crippen molar-refractivity contribution in [3.63, 3.8) is 0 Å². The summed E-state index contributed by atoms with van der Waals surface area (Å²) in [7, 11) is 0. The standard InChI is InChI=1S/C32H31F3N6O5/c33-18-10-32(5-1-6-41(32)13-18)15-45-30-38-28-23-12-37-27(26(28)35)22-9-19(42)8-17-2-3-24(34)21(25(17)22)4-7-44-31(43)46-20-11-36-16-40(14-20)29(23)39-30/h2-3,8-9,12,18,20,36,42H,1,4-7,10-11,13-16H2/t18-,20-,32+/m1/s1. The number of rotatable bonds is 3. The Morgan fingerprint density at radius 3 is 2.98 bits per heavy atom. The van der Waals surface area contributed by atoms with E-state index in [1.807, 2.05) is 0 Å². The highest BCUT2D eigenvalue weighted by Gasteiger charge is 2.49. The molecule has 0 aliphatic carbocycles. The van der Waals surface area contributed by atoms with E-state index in [1.165, 1.54) is 30.5 Å². The van der Waals surface area contributed by atoms with Crippen LogP contribution in [0.15, 0.2) is 30.5 Å². The maximum absolute atomic E-state index is 16.8. The third-order valence-corrected chi connectivity index (χ3v) is 9.52. The Hall–Kier alpha value is -4.43. The summed E-state index contributed by atoms with van der Waals surface area (Å²) in [5.74, 6) is -1.28. The van der Waals surface area contributed by atoms with Crippen molar-refractivity contribution in [3.05, 3.63) is 47.7 Å². The lowest BCUT2D eigenvalue weighted by Crippen LogP contribution is -2.52. The van der Waals surface area contributed by atoms with E-state index in [-0.39, 0.29) is 65.7 Å². The van der Waals surface area contributed by atoms with Gasteiger partial charge in [0.2, 0.25) is 0 Å². The van der Waals surface area contributed by atoms with Gasteiger partial charge in [0.25, 0.3) is 0 Å². The second-order valence-corrected chi connectivity index (χ2v) is 12.4. The summed E-state index contributed by atoms with van der Waals surface area (Å²) in [6, 6.07) is 5.39. The number of aromatic nitrogens is 3. The molecule has 5 aliphatic heterocycles. The zero-order valence-electron chi connectivity index (χ0n) is 24.8. The number of carbonyl (C=O) groups excluding carboxylic acids is 1. The summed E-state index contributed by atoms with van der Waals surface area (Å²) in [5, 5.41) is 14.8. The number of ether oxygens (including phenoxy) is 3. The molecule has 240 valence electrons. The lowest BCUT2D eigenvalue weighted by atomic mass is 9.94. The average Bonchev–Trinajstić information content (AvgIpc) is 3.56. The van der Waals surface area contributed by atoms with Crippen molar-refractivity contribution in [1.29, 1.82) is 0 Å². The van der Waals surface area contributed by atoms with Crippen LogP contribution in [0, 0.1) is 11.6 Å². The summed E-state index contributed by atoms with van der Waals surface area (Å²) < 4.78 is 63.6. The topological polar surface area (TPSA) is 122 Å². The molecule has 5 aliphatic rings. The molecule has 6 bridgehead atoms. The molecule has 3 saturated heterocycles. The molecule has 0 unspecified atom stereocenters. The van der Waals surface area contributed by atoms with Crippen LogP contribution in [0.5, 0.6) is 11.8 Å². The van der Waals surface area contributed by atoms with Gasteiger partial charge in [-0.3, -0.25) is 15.2 Å². The van der Waals surface area contributed by atoms with Crippen molar-refractivity contribution >= 4 is 33.6 Å². The van der Waals surface area contributed by atoms with Gasteiger partial charge >= 0.3 is 12.2 Å². The van der Waals surface area contributed by atoms with Crippen molar-refractivity contribution in [1.82, 2.24) is 25.2 Å². The number of anilines is 1. The Morgan fingerprint density at radius 1 is 1.20 bits per heavy atom. The summed E-state index contributed by atoms with van der Waals surface area (Å²) in [6.45, 7) is 1.89. The Balaban J connectivity index is 1.31. The number of hydrogen-bond acceptors (Lipinski definition) is 11. The lowest BCUT2D eigenvalue weighted by molar-refractivity contribution is 0.0225.